The van der Waals surface area contributed by atoms with Gasteiger partial charge in [-0.15, -0.1) is 0 Å². The number of nitrogens with one attached hydrogen (secondary N) is 2. The average molecular weight is 428 g/mol. The van der Waals surface area contributed by atoms with E-state index in [-0.39, 0.29) is 11.6 Å². The highest BCUT2D eigenvalue weighted by molar-refractivity contribution is 5.67. The first-order valence-corrected chi connectivity index (χ1v) is 9.75. The first-order chi connectivity index (χ1) is 15.5. The molecule has 10 heteroatoms. The van der Waals surface area contributed by atoms with Crippen molar-refractivity contribution in [3.8, 4) is 11.3 Å². The largest absolute Gasteiger partial charge is 0.368 e. The van der Waals surface area contributed by atoms with Crippen LogP contribution in [0.25, 0.3) is 11.3 Å². The van der Waals surface area contributed by atoms with Gasteiger partial charge in [0.25, 0.3) is 5.69 Å². The van der Waals surface area contributed by atoms with Crippen LogP contribution in [-0.4, -0.2) is 24.9 Å². The zero-order valence-electron chi connectivity index (χ0n) is 17.2. The monoisotopic (exact) mass is 428 g/mol. The molecule has 0 atom stereocenters. The highest BCUT2D eigenvalue weighted by Gasteiger charge is 2.08. The van der Waals surface area contributed by atoms with Crippen molar-refractivity contribution >= 4 is 29.1 Å². The Kier molecular flexibility index (Phi) is 5.84. The fourth-order valence-corrected chi connectivity index (χ4v) is 3.08. The molecule has 0 radical (unpaired) electrons. The van der Waals surface area contributed by atoms with Crippen molar-refractivity contribution in [1.82, 2.24) is 19.9 Å². The number of hydrogen-bond donors (Lipinski definition) is 3. The molecular weight excluding hydrogens is 408 g/mol. The summed E-state index contributed by atoms with van der Waals surface area (Å²) in [6.45, 7) is 2.30. The molecule has 0 bridgehead atoms. The minimum Gasteiger partial charge on any atom is -0.368 e. The van der Waals surface area contributed by atoms with Crippen molar-refractivity contribution in [2.24, 2.45) is 0 Å². The zero-order chi connectivity index (χ0) is 22.5. The third-order valence-electron chi connectivity index (χ3n) is 4.65. The zero-order valence-corrected chi connectivity index (χ0v) is 17.2. The number of nitrogens with two attached hydrogens (primary N) is 1. The molecule has 0 unspecified atom stereocenters. The molecule has 0 aliphatic rings. The van der Waals surface area contributed by atoms with Gasteiger partial charge in [-0.05, 0) is 36.2 Å². The van der Waals surface area contributed by atoms with Crippen LogP contribution >= 0.6 is 0 Å². The summed E-state index contributed by atoms with van der Waals surface area (Å²) in [6, 6.07) is 15.9. The van der Waals surface area contributed by atoms with Gasteiger partial charge in [0.1, 0.15) is 5.82 Å². The fraction of sp³-hybridized carbons (Fsp3) is 0.0909. The Balaban J connectivity index is 1.43. The number of anilines is 4. The van der Waals surface area contributed by atoms with E-state index in [1.54, 1.807) is 30.6 Å². The number of nitro groups is 1. The number of nitro benzene ring substituents is 1. The lowest BCUT2D eigenvalue weighted by molar-refractivity contribution is -0.384. The summed E-state index contributed by atoms with van der Waals surface area (Å²) in [5, 5.41) is 17.2. The molecule has 4 rings (SSSR count). The number of nitrogen functional groups attached to an aromatic ring is 1. The van der Waals surface area contributed by atoms with Crippen LogP contribution in [0, 0.1) is 17.0 Å². The van der Waals surface area contributed by atoms with Crippen LogP contribution in [0.4, 0.5) is 29.1 Å². The van der Waals surface area contributed by atoms with Crippen molar-refractivity contribution in [3.05, 3.63) is 88.2 Å². The lowest BCUT2D eigenvalue weighted by Crippen LogP contribution is -2.05. The van der Waals surface area contributed by atoms with Gasteiger partial charge >= 0.3 is 0 Å². The van der Waals surface area contributed by atoms with Gasteiger partial charge in [-0.2, -0.15) is 4.98 Å². The standard InChI is InChI=1S/C22H20N8O2/c1-14-12-25-21(23)29-20(14)16-5-7-17(8-6-16)27-19-9-10-24-22(28-19)26-13-15-3-2-4-18(11-15)30(31)32/h2-12H,13H2,1H3,(H2,23,25,29)(H2,24,26,27,28). The molecular formula is C22H20N8O2. The minimum absolute atomic E-state index is 0.0453. The van der Waals surface area contributed by atoms with Crippen LogP contribution in [0.3, 0.4) is 0 Å². The summed E-state index contributed by atoms with van der Waals surface area (Å²) in [7, 11) is 0. The fourth-order valence-electron chi connectivity index (χ4n) is 3.08. The van der Waals surface area contributed by atoms with E-state index in [1.165, 1.54) is 12.1 Å². The summed E-state index contributed by atoms with van der Waals surface area (Å²) in [5.41, 5.74) is 10.0. The van der Waals surface area contributed by atoms with E-state index >= 15 is 0 Å². The van der Waals surface area contributed by atoms with E-state index in [9.17, 15) is 10.1 Å². The Hall–Kier alpha value is -4.60. The molecule has 0 aliphatic heterocycles. The molecule has 4 aromatic rings. The van der Waals surface area contributed by atoms with E-state index in [4.69, 9.17) is 5.73 Å². The smallest absolute Gasteiger partial charge is 0.269 e. The predicted molar refractivity (Wildman–Crippen MR) is 122 cm³/mol. The Morgan fingerprint density at radius 1 is 1.06 bits per heavy atom. The molecule has 0 amide bonds. The van der Waals surface area contributed by atoms with Crippen LogP contribution in [-0.2, 0) is 6.54 Å². The summed E-state index contributed by atoms with van der Waals surface area (Å²) < 4.78 is 0. The van der Waals surface area contributed by atoms with E-state index in [0.29, 0.717) is 18.3 Å². The molecule has 2 heterocycles. The van der Waals surface area contributed by atoms with Crippen LogP contribution < -0.4 is 16.4 Å². The SMILES string of the molecule is Cc1cnc(N)nc1-c1ccc(Nc2ccnc(NCc3cccc([N+](=O)[O-])c3)n2)cc1. The normalized spacial score (nSPS) is 10.5. The second kappa shape index (κ2) is 9.04. The van der Waals surface area contributed by atoms with E-state index in [0.717, 1.165) is 28.1 Å². The van der Waals surface area contributed by atoms with E-state index < -0.39 is 4.92 Å². The molecule has 2 aromatic heterocycles. The highest BCUT2D eigenvalue weighted by atomic mass is 16.6. The molecule has 0 saturated heterocycles. The van der Waals surface area contributed by atoms with Crippen molar-refractivity contribution in [2.45, 2.75) is 13.5 Å². The van der Waals surface area contributed by atoms with Crippen molar-refractivity contribution < 1.29 is 4.92 Å². The first kappa shape index (κ1) is 20.7. The Bertz CT molecular complexity index is 1260. The highest BCUT2D eigenvalue weighted by Crippen LogP contribution is 2.24. The third-order valence-corrected chi connectivity index (χ3v) is 4.65. The van der Waals surface area contributed by atoms with Crippen LogP contribution in [0.2, 0.25) is 0 Å². The lowest BCUT2D eigenvalue weighted by Gasteiger charge is -2.10. The number of rotatable bonds is 7. The Morgan fingerprint density at radius 2 is 1.88 bits per heavy atom. The van der Waals surface area contributed by atoms with Crippen LogP contribution in [0.1, 0.15) is 11.1 Å². The molecule has 4 N–H and O–H groups in total. The quantitative estimate of drug-likeness (QED) is 0.293. The van der Waals surface area contributed by atoms with Crippen molar-refractivity contribution in [3.63, 3.8) is 0 Å². The van der Waals surface area contributed by atoms with E-state index in [1.807, 2.05) is 31.2 Å². The lowest BCUT2D eigenvalue weighted by atomic mass is 10.1. The molecule has 2 aromatic carbocycles. The average Bonchev–Trinajstić information content (AvgIpc) is 2.80. The maximum atomic E-state index is 10.9. The molecule has 10 nitrogen and oxygen atoms in total. The Labute approximate surface area is 183 Å². The van der Waals surface area contributed by atoms with Gasteiger partial charge in [-0.1, -0.05) is 24.3 Å². The third kappa shape index (κ3) is 4.93. The second-order valence-corrected chi connectivity index (χ2v) is 7.01. The first-order valence-electron chi connectivity index (χ1n) is 9.75. The number of nitrogens with zero attached hydrogens (tertiary/aromatic N) is 5. The van der Waals surface area contributed by atoms with Gasteiger partial charge in [0.2, 0.25) is 11.9 Å². The van der Waals surface area contributed by atoms with Gasteiger partial charge in [-0.3, -0.25) is 10.1 Å². The maximum absolute atomic E-state index is 10.9. The summed E-state index contributed by atoms with van der Waals surface area (Å²) in [6.07, 6.45) is 3.33. The number of hydrogen-bond acceptors (Lipinski definition) is 9. The van der Waals surface area contributed by atoms with Crippen LogP contribution in [0.15, 0.2) is 67.0 Å². The van der Waals surface area contributed by atoms with Gasteiger partial charge in [0.05, 0.1) is 10.6 Å². The summed E-state index contributed by atoms with van der Waals surface area (Å²) in [5.74, 6) is 1.25. The maximum Gasteiger partial charge on any atom is 0.269 e. The Morgan fingerprint density at radius 3 is 2.66 bits per heavy atom. The topological polar surface area (TPSA) is 145 Å². The predicted octanol–water partition coefficient (Wildman–Crippen LogP) is 4.09. The molecule has 0 fully saturated rings. The molecule has 0 aliphatic carbocycles. The van der Waals surface area contributed by atoms with Gasteiger partial charge < -0.3 is 16.4 Å². The summed E-state index contributed by atoms with van der Waals surface area (Å²) >= 11 is 0. The van der Waals surface area contributed by atoms with Gasteiger partial charge in [0.15, 0.2) is 0 Å². The second-order valence-electron chi connectivity index (χ2n) is 7.01. The van der Waals surface area contributed by atoms with Crippen LogP contribution in [0.5, 0.6) is 0 Å². The minimum atomic E-state index is -0.420. The summed E-state index contributed by atoms with van der Waals surface area (Å²) in [4.78, 5) is 27.5. The van der Waals surface area contributed by atoms with E-state index in [2.05, 4.69) is 30.6 Å². The number of benzene rings is 2. The molecule has 0 saturated carbocycles. The van der Waals surface area contributed by atoms with Crippen molar-refractivity contribution in [2.75, 3.05) is 16.4 Å². The number of aryl methyl sites for hydroxylation is 1. The molecule has 32 heavy (non-hydrogen) atoms. The van der Waals surface area contributed by atoms with Gasteiger partial charge in [-0.25, -0.2) is 15.0 Å². The molecule has 0 spiro atoms. The van der Waals surface area contributed by atoms with Crippen molar-refractivity contribution in [1.29, 1.82) is 0 Å². The van der Waals surface area contributed by atoms with Gasteiger partial charge in [0, 0.05) is 42.3 Å². The molecule has 160 valence electrons. The number of aromatic nitrogens is 4. The number of non-ortho nitro benzene ring substituents is 1.